The maximum Gasteiger partial charge on any atom is 0.259 e. The van der Waals surface area contributed by atoms with Gasteiger partial charge in [-0.25, -0.2) is 13.4 Å². The van der Waals surface area contributed by atoms with Crippen LogP contribution in [-0.2, 0) is 29.2 Å². The summed E-state index contributed by atoms with van der Waals surface area (Å²) in [7, 11) is -2.31. The molecule has 5 aliphatic rings. The summed E-state index contributed by atoms with van der Waals surface area (Å²) < 4.78 is 40.4. The molecule has 8 rings (SSSR count). The number of hydrogen-bond acceptors (Lipinski definition) is 10. The predicted octanol–water partition coefficient (Wildman–Crippen LogP) is 4.68. The second-order valence-electron chi connectivity index (χ2n) is 16.4. The fraction of sp³-hybridized carbons (Fsp3) is 0.535. The van der Waals surface area contributed by atoms with Crippen LogP contribution in [0.3, 0.4) is 0 Å². The van der Waals surface area contributed by atoms with E-state index in [0.29, 0.717) is 66.1 Å². The maximum absolute atomic E-state index is 14.8. The highest BCUT2D eigenvalue weighted by atomic mass is 32.2. The van der Waals surface area contributed by atoms with Crippen LogP contribution in [0.1, 0.15) is 83.5 Å². The fourth-order valence-electron chi connectivity index (χ4n) is 8.69. The summed E-state index contributed by atoms with van der Waals surface area (Å²) in [5, 5.41) is 3.03. The molecule has 1 aromatic carbocycles. The summed E-state index contributed by atoms with van der Waals surface area (Å²) in [6.45, 7) is 1.40. The van der Waals surface area contributed by atoms with E-state index in [9.17, 15) is 27.6 Å². The van der Waals surface area contributed by atoms with Gasteiger partial charge in [0.25, 0.3) is 5.91 Å². The van der Waals surface area contributed by atoms with Gasteiger partial charge in [0.2, 0.25) is 27.7 Å². The van der Waals surface area contributed by atoms with Crippen molar-refractivity contribution in [2.45, 2.75) is 106 Å². The van der Waals surface area contributed by atoms with E-state index < -0.39 is 56.6 Å². The minimum absolute atomic E-state index is 0.0484. The number of amides is 4. The molecule has 15 heteroatoms. The van der Waals surface area contributed by atoms with E-state index in [1.165, 1.54) is 4.90 Å². The summed E-state index contributed by atoms with van der Waals surface area (Å²) in [6, 6.07) is 11.8. The lowest BCUT2D eigenvalue weighted by atomic mass is 9.94. The molecule has 308 valence electrons. The lowest BCUT2D eigenvalue weighted by molar-refractivity contribution is -0.145. The lowest BCUT2D eigenvalue weighted by Gasteiger charge is -2.31. The Morgan fingerprint density at radius 2 is 1.79 bits per heavy atom. The SMILES string of the molecule is COc1ccc2c(O[C@@H]3C[C@H]4C(=O)N[C@]5(C(=O)NS(=O)(=O)C6CC6)C[C@H]5/C=C\CCCCC[C@H](CC(=O)N5CCCCC5)C(=O)N4C3)cc(-c3ccccn3)nc2c1. The van der Waals surface area contributed by atoms with E-state index >= 15 is 0 Å². The van der Waals surface area contributed by atoms with Crippen LogP contribution in [0.5, 0.6) is 11.5 Å². The van der Waals surface area contributed by atoms with Crippen LogP contribution >= 0.6 is 0 Å². The summed E-state index contributed by atoms with van der Waals surface area (Å²) >= 11 is 0. The van der Waals surface area contributed by atoms with E-state index in [4.69, 9.17) is 14.5 Å². The molecule has 2 aromatic heterocycles. The number of piperidine rings is 1. The highest BCUT2D eigenvalue weighted by Gasteiger charge is 2.62. The number of nitrogens with zero attached hydrogens (tertiary/aromatic N) is 4. The number of nitrogens with one attached hydrogen (secondary N) is 2. The highest BCUT2D eigenvalue weighted by Crippen LogP contribution is 2.46. The Balaban J connectivity index is 1.12. The van der Waals surface area contributed by atoms with E-state index in [1.807, 2.05) is 53.5 Å². The zero-order chi connectivity index (χ0) is 40.4. The number of rotatable bonds is 9. The van der Waals surface area contributed by atoms with Crippen LogP contribution in [0.25, 0.3) is 22.3 Å². The van der Waals surface area contributed by atoms with Gasteiger partial charge in [-0.15, -0.1) is 0 Å². The number of hydrogen-bond donors (Lipinski definition) is 2. The predicted molar refractivity (Wildman–Crippen MR) is 216 cm³/mol. The van der Waals surface area contributed by atoms with Gasteiger partial charge in [0.05, 0.1) is 35.8 Å². The van der Waals surface area contributed by atoms with Crippen LogP contribution in [-0.4, -0.2) is 101 Å². The standard InChI is InChI=1S/C43H52N6O8S/c1-56-30-15-18-33-35(23-30)45-36(34-14-8-9-19-44-34)25-38(33)57-31-24-37-40(51)46-43(42(53)47-58(54,55)32-16-17-32)26-29(43)13-7-4-2-3-6-12-28(41(52)49(37)27-31)22-39(50)48-20-10-5-11-21-48/h7-9,13-15,18-19,23,25,28-29,31-32,37H,2-6,10-12,16-17,20-22,24,26-27H2,1H3,(H,46,51)(H,47,53)/b13-7-/t28-,29-,31-,37+,43-/m1/s1. The van der Waals surface area contributed by atoms with Gasteiger partial charge >= 0.3 is 0 Å². The first-order valence-corrected chi connectivity index (χ1v) is 22.3. The van der Waals surface area contributed by atoms with Crippen molar-refractivity contribution < 1.29 is 37.1 Å². The Kier molecular flexibility index (Phi) is 11.4. The molecule has 4 fully saturated rings. The molecule has 5 atom stereocenters. The molecule has 0 bridgehead atoms. The fourth-order valence-corrected chi connectivity index (χ4v) is 10.1. The molecule has 2 saturated carbocycles. The molecule has 4 amide bonds. The number of methoxy groups -OCH3 is 1. The minimum Gasteiger partial charge on any atom is -0.497 e. The van der Waals surface area contributed by atoms with Crippen LogP contribution < -0.4 is 19.5 Å². The maximum atomic E-state index is 14.8. The van der Waals surface area contributed by atoms with Gasteiger partial charge in [0, 0.05) is 61.5 Å². The Morgan fingerprint density at radius 1 is 0.983 bits per heavy atom. The average Bonchev–Trinajstić information content (AvgIpc) is 4.16. The third-order valence-corrected chi connectivity index (χ3v) is 14.1. The minimum atomic E-state index is -3.89. The molecule has 0 spiro atoms. The van der Waals surface area contributed by atoms with Gasteiger partial charge in [-0.2, -0.15) is 0 Å². The molecule has 3 aliphatic heterocycles. The van der Waals surface area contributed by atoms with Gasteiger partial charge in [0.15, 0.2) is 0 Å². The first-order valence-electron chi connectivity index (χ1n) is 20.7. The molecule has 14 nitrogen and oxygen atoms in total. The molecule has 3 aromatic rings. The van der Waals surface area contributed by atoms with E-state index in [-0.39, 0.29) is 37.6 Å². The van der Waals surface area contributed by atoms with Crippen molar-refractivity contribution in [1.82, 2.24) is 29.8 Å². The van der Waals surface area contributed by atoms with Crippen molar-refractivity contribution in [3.05, 3.63) is 60.8 Å². The second-order valence-corrected chi connectivity index (χ2v) is 18.4. The molecule has 2 N–H and O–H groups in total. The van der Waals surface area contributed by atoms with Gasteiger partial charge in [-0.3, -0.25) is 28.9 Å². The number of pyridine rings is 2. The van der Waals surface area contributed by atoms with Gasteiger partial charge in [0.1, 0.15) is 29.2 Å². The number of benzene rings is 1. The Labute approximate surface area is 339 Å². The summed E-state index contributed by atoms with van der Waals surface area (Å²) in [6.07, 6.45) is 12.9. The summed E-state index contributed by atoms with van der Waals surface area (Å²) in [5.74, 6) is -1.65. The molecule has 2 saturated heterocycles. The molecular weight excluding hydrogens is 761 g/mol. The van der Waals surface area contributed by atoms with Gasteiger partial charge in [-0.05, 0) is 82.1 Å². The van der Waals surface area contributed by atoms with Crippen molar-refractivity contribution in [3.63, 3.8) is 0 Å². The zero-order valence-electron chi connectivity index (χ0n) is 32.9. The Bertz CT molecular complexity index is 2190. The number of ether oxygens (including phenoxy) is 2. The summed E-state index contributed by atoms with van der Waals surface area (Å²) in [4.78, 5) is 69.7. The number of likely N-dealkylation sites (tertiary alicyclic amines) is 1. The van der Waals surface area contributed by atoms with E-state index in [0.717, 1.165) is 44.9 Å². The molecular formula is C43H52N6O8S. The summed E-state index contributed by atoms with van der Waals surface area (Å²) in [5.41, 5.74) is 0.325. The lowest BCUT2D eigenvalue weighted by Crippen LogP contribution is -2.57. The number of fused-ring (bicyclic) bond motifs is 3. The van der Waals surface area contributed by atoms with Crippen molar-refractivity contribution in [1.29, 1.82) is 0 Å². The van der Waals surface area contributed by atoms with Crippen molar-refractivity contribution in [2.24, 2.45) is 11.8 Å². The second kappa shape index (κ2) is 16.7. The number of aromatic nitrogens is 2. The van der Waals surface area contributed by atoms with E-state index in [2.05, 4.69) is 15.0 Å². The molecule has 2 aliphatic carbocycles. The first-order chi connectivity index (χ1) is 28.0. The number of allylic oxidation sites excluding steroid dienone is 1. The molecule has 0 unspecified atom stereocenters. The Hall–Kier alpha value is -5.05. The van der Waals surface area contributed by atoms with Crippen molar-refractivity contribution in [2.75, 3.05) is 26.7 Å². The number of sulfonamides is 1. The monoisotopic (exact) mass is 812 g/mol. The van der Waals surface area contributed by atoms with Crippen LogP contribution in [0.4, 0.5) is 0 Å². The topological polar surface area (TPSA) is 177 Å². The quantitative estimate of drug-likeness (QED) is 0.289. The molecule has 0 radical (unpaired) electrons. The third-order valence-electron chi connectivity index (χ3n) is 12.3. The van der Waals surface area contributed by atoms with Crippen molar-refractivity contribution in [3.8, 4) is 22.9 Å². The Morgan fingerprint density at radius 3 is 2.55 bits per heavy atom. The van der Waals surface area contributed by atoms with Crippen LogP contribution in [0.2, 0.25) is 0 Å². The number of carbonyl (C=O) groups is 4. The van der Waals surface area contributed by atoms with Gasteiger partial charge in [-0.1, -0.05) is 31.1 Å². The van der Waals surface area contributed by atoms with E-state index in [1.54, 1.807) is 19.4 Å². The highest BCUT2D eigenvalue weighted by molar-refractivity contribution is 7.91. The zero-order valence-corrected chi connectivity index (χ0v) is 33.8. The third kappa shape index (κ3) is 8.55. The van der Waals surface area contributed by atoms with Gasteiger partial charge < -0.3 is 24.6 Å². The smallest absolute Gasteiger partial charge is 0.259 e. The van der Waals surface area contributed by atoms with Crippen LogP contribution in [0.15, 0.2) is 60.8 Å². The average molecular weight is 813 g/mol. The molecule has 5 heterocycles. The van der Waals surface area contributed by atoms with Crippen LogP contribution in [0, 0.1) is 11.8 Å². The normalized spacial score (nSPS) is 27.3. The number of carbonyl (C=O) groups excluding carboxylic acids is 4. The molecule has 58 heavy (non-hydrogen) atoms. The largest absolute Gasteiger partial charge is 0.497 e. The first kappa shape index (κ1) is 39.8. The van der Waals surface area contributed by atoms with Crippen molar-refractivity contribution >= 4 is 44.6 Å².